The predicted molar refractivity (Wildman–Crippen MR) is 147 cm³/mol. The number of aliphatic hydroxyl groups excluding tert-OH is 1. The van der Waals surface area contributed by atoms with Gasteiger partial charge in [0.2, 0.25) is 11.7 Å². The Balaban J connectivity index is 1.71. The van der Waals surface area contributed by atoms with Gasteiger partial charge in [0.05, 0.1) is 43.8 Å². The van der Waals surface area contributed by atoms with Crippen LogP contribution < -0.4 is 21.7 Å². The van der Waals surface area contributed by atoms with Crippen molar-refractivity contribution in [2.24, 2.45) is 5.73 Å². The van der Waals surface area contributed by atoms with E-state index in [1.165, 1.54) is 37.1 Å². The van der Waals surface area contributed by atoms with E-state index in [9.17, 15) is 19.5 Å². The monoisotopic (exact) mass is 564 g/mol. The molecule has 1 fully saturated rings. The lowest BCUT2D eigenvalue weighted by atomic mass is 9.94. The second-order valence-electron chi connectivity index (χ2n) is 10.5. The van der Waals surface area contributed by atoms with Crippen molar-refractivity contribution in [3.8, 4) is 17.5 Å². The molecule has 0 bridgehead atoms. The topological polar surface area (TPSA) is 178 Å². The number of aromatic nitrogens is 5. The SMILES string of the molecule is COc1ccccc1[C@H](Cn1c(=O)n(C(C)(C)C(N)=O)c(=O)c2nc(-c3ncco3)ncc21)OC1CCC(O)CC1. The van der Waals surface area contributed by atoms with Crippen LogP contribution in [0.4, 0.5) is 0 Å². The van der Waals surface area contributed by atoms with E-state index < -0.39 is 28.8 Å². The van der Waals surface area contributed by atoms with Gasteiger partial charge in [0.25, 0.3) is 11.4 Å². The second-order valence-corrected chi connectivity index (χ2v) is 10.5. The third-order valence-electron chi connectivity index (χ3n) is 7.51. The molecule has 0 radical (unpaired) electrons. The van der Waals surface area contributed by atoms with Gasteiger partial charge in [0.15, 0.2) is 5.52 Å². The number of nitrogens with two attached hydrogens (primary N) is 1. The highest BCUT2D eigenvalue weighted by molar-refractivity contribution is 5.82. The number of ether oxygens (including phenoxy) is 2. The number of carbonyl (C=O) groups excluding carboxylic acids is 1. The molecule has 1 aliphatic carbocycles. The van der Waals surface area contributed by atoms with Crippen LogP contribution in [0.15, 0.2) is 56.9 Å². The maximum absolute atomic E-state index is 14.0. The zero-order valence-electron chi connectivity index (χ0n) is 23.0. The number of amides is 1. The van der Waals surface area contributed by atoms with Crippen LogP contribution in [-0.4, -0.2) is 54.4 Å². The van der Waals surface area contributed by atoms with Gasteiger partial charge in [-0.1, -0.05) is 18.2 Å². The fraction of sp³-hybridized carbons (Fsp3) is 0.429. The highest BCUT2D eigenvalue weighted by atomic mass is 16.5. The van der Waals surface area contributed by atoms with Gasteiger partial charge >= 0.3 is 5.69 Å². The molecule has 1 atom stereocenters. The first-order valence-electron chi connectivity index (χ1n) is 13.3. The van der Waals surface area contributed by atoms with E-state index in [0.717, 1.165) is 4.57 Å². The summed E-state index contributed by atoms with van der Waals surface area (Å²) >= 11 is 0. The van der Waals surface area contributed by atoms with Crippen LogP contribution in [0.3, 0.4) is 0 Å². The van der Waals surface area contributed by atoms with Gasteiger partial charge < -0.3 is 24.7 Å². The van der Waals surface area contributed by atoms with Gasteiger partial charge in [-0.15, -0.1) is 0 Å². The minimum absolute atomic E-state index is 0.0338. The fourth-order valence-electron chi connectivity index (χ4n) is 5.09. The second kappa shape index (κ2) is 11.3. The van der Waals surface area contributed by atoms with Gasteiger partial charge in [-0.25, -0.2) is 24.3 Å². The van der Waals surface area contributed by atoms with Crippen LogP contribution in [0.5, 0.6) is 5.75 Å². The lowest BCUT2D eigenvalue weighted by Crippen LogP contribution is -2.55. The van der Waals surface area contributed by atoms with Crippen molar-refractivity contribution in [3.05, 3.63) is 69.3 Å². The summed E-state index contributed by atoms with van der Waals surface area (Å²) in [6.45, 7) is 2.73. The summed E-state index contributed by atoms with van der Waals surface area (Å²) in [6, 6.07) is 7.29. The van der Waals surface area contributed by atoms with Crippen LogP contribution in [-0.2, 0) is 21.6 Å². The van der Waals surface area contributed by atoms with Crippen LogP contribution >= 0.6 is 0 Å². The van der Waals surface area contributed by atoms with Gasteiger partial charge in [-0.2, -0.15) is 0 Å². The standard InChI is InChI=1S/C28H32N6O7/c1-28(2,26(29)37)34-25(36)22-19(14-31-23(32-22)24-30-12-13-40-24)33(27(34)38)15-21(18-6-4-5-7-20(18)39-3)41-17-10-8-16(35)9-11-17/h4-7,12-14,16-17,21,35H,8-11,15H2,1-3H3,(H2,29,37)/t16?,17?,21-/m0/s1. The van der Waals surface area contributed by atoms with Gasteiger partial charge in [0.1, 0.15) is 23.7 Å². The molecule has 3 aromatic heterocycles. The number of benzene rings is 1. The smallest absolute Gasteiger partial charge is 0.332 e. The van der Waals surface area contributed by atoms with Crippen molar-refractivity contribution >= 4 is 16.9 Å². The number of primary amides is 1. The summed E-state index contributed by atoms with van der Waals surface area (Å²) in [4.78, 5) is 52.9. The highest BCUT2D eigenvalue weighted by Gasteiger charge is 2.34. The Labute approximate surface area is 234 Å². The van der Waals surface area contributed by atoms with Crippen molar-refractivity contribution in [3.63, 3.8) is 0 Å². The Bertz CT molecular complexity index is 1670. The quantitative estimate of drug-likeness (QED) is 0.305. The van der Waals surface area contributed by atoms with E-state index in [-0.39, 0.29) is 41.5 Å². The summed E-state index contributed by atoms with van der Waals surface area (Å²) in [5.74, 6) is -0.201. The predicted octanol–water partition coefficient (Wildman–Crippen LogP) is 1.90. The fourth-order valence-corrected chi connectivity index (χ4v) is 5.09. The molecule has 1 aromatic carbocycles. The third-order valence-corrected chi connectivity index (χ3v) is 7.51. The van der Waals surface area contributed by atoms with Crippen molar-refractivity contribution in [1.82, 2.24) is 24.1 Å². The third kappa shape index (κ3) is 5.37. The molecule has 3 N–H and O–H groups in total. The first-order valence-corrected chi connectivity index (χ1v) is 13.3. The molecule has 13 heteroatoms. The minimum Gasteiger partial charge on any atom is -0.496 e. The van der Waals surface area contributed by atoms with Crippen LogP contribution in [0.2, 0.25) is 0 Å². The van der Waals surface area contributed by atoms with Crippen LogP contribution in [0.25, 0.3) is 22.7 Å². The van der Waals surface area contributed by atoms with Crippen LogP contribution in [0, 0.1) is 0 Å². The summed E-state index contributed by atoms with van der Waals surface area (Å²) in [5.41, 5.74) is 3.07. The lowest BCUT2D eigenvalue weighted by molar-refractivity contribution is -0.125. The number of hydrogen-bond donors (Lipinski definition) is 2. The average molecular weight is 565 g/mol. The molecule has 5 rings (SSSR count). The molecule has 0 spiro atoms. The Morgan fingerprint density at radius 3 is 2.59 bits per heavy atom. The molecule has 0 aliphatic heterocycles. The molecule has 1 aliphatic rings. The van der Waals surface area contributed by atoms with Crippen molar-refractivity contribution in [2.75, 3.05) is 7.11 Å². The molecule has 41 heavy (non-hydrogen) atoms. The number of hydrogen-bond acceptors (Lipinski definition) is 10. The Kier molecular flexibility index (Phi) is 7.74. The van der Waals surface area contributed by atoms with E-state index in [2.05, 4.69) is 15.0 Å². The first kappa shape index (κ1) is 28.2. The molecule has 0 saturated heterocycles. The van der Waals surface area contributed by atoms with Gasteiger partial charge in [-0.05, 0) is 45.6 Å². The Morgan fingerprint density at radius 2 is 1.93 bits per heavy atom. The van der Waals surface area contributed by atoms with Crippen molar-refractivity contribution in [2.45, 2.75) is 69.9 Å². The zero-order valence-corrected chi connectivity index (χ0v) is 23.0. The summed E-state index contributed by atoms with van der Waals surface area (Å²) < 4.78 is 19.6. The normalized spacial score (nSPS) is 18.3. The first-order chi connectivity index (χ1) is 19.6. The molecular weight excluding hydrogens is 532 g/mol. The molecule has 13 nitrogen and oxygen atoms in total. The highest BCUT2D eigenvalue weighted by Crippen LogP contribution is 2.33. The number of aliphatic hydroxyl groups is 1. The number of carbonyl (C=O) groups is 1. The van der Waals surface area contributed by atoms with E-state index in [1.807, 2.05) is 18.2 Å². The number of fused-ring (bicyclic) bond motifs is 1. The van der Waals surface area contributed by atoms with Crippen LogP contribution in [0.1, 0.15) is 51.2 Å². The van der Waals surface area contributed by atoms with Gasteiger partial charge in [0, 0.05) is 5.56 Å². The number of nitrogens with zero attached hydrogens (tertiary/aromatic N) is 5. The Hall–Kier alpha value is -4.36. The number of oxazole rings is 1. The van der Waals surface area contributed by atoms with E-state index >= 15 is 0 Å². The minimum atomic E-state index is -1.68. The maximum Gasteiger partial charge on any atom is 0.332 e. The molecule has 1 saturated carbocycles. The van der Waals surface area contributed by atoms with E-state index in [4.69, 9.17) is 19.6 Å². The molecule has 4 aromatic rings. The molecular formula is C28H32N6O7. The molecule has 216 valence electrons. The van der Waals surface area contributed by atoms with E-state index in [1.54, 1.807) is 13.2 Å². The molecule has 3 heterocycles. The lowest BCUT2D eigenvalue weighted by Gasteiger charge is -2.31. The summed E-state index contributed by atoms with van der Waals surface area (Å²) in [6.07, 6.45) is 5.32. The average Bonchev–Trinajstić information content (AvgIpc) is 3.50. The van der Waals surface area contributed by atoms with Crippen molar-refractivity contribution < 1.29 is 23.8 Å². The Morgan fingerprint density at radius 1 is 1.20 bits per heavy atom. The van der Waals surface area contributed by atoms with Gasteiger partial charge in [-0.3, -0.25) is 14.2 Å². The summed E-state index contributed by atoms with van der Waals surface area (Å²) in [5, 5.41) is 10.0. The van der Waals surface area contributed by atoms with E-state index in [0.29, 0.717) is 37.0 Å². The summed E-state index contributed by atoms with van der Waals surface area (Å²) in [7, 11) is 1.54. The molecule has 1 amide bonds. The largest absolute Gasteiger partial charge is 0.496 e. The number of methoxy groups -OCH3 is 1. The maximum atomic E-state index is 14.0. The zero-order chi connectivity index (χ0) is 29.3. The number of rotatable bonds is 9. The number of para-hydroxylation sites is 1. The van der Waals surface area contributed by atoms with Crippen molar-refractivity contribution in [1.29, 1.82) is 0 Å². The molecule has 0 unspecified atom stereocenters.